The van der Waals surface area contributed by atoms with Crippen LogP contribution in [0.1, 0.15) is 32.6 Å². The average Bonchev–Trinajstić information content (AvgIpc) is 2.27. The van der Waals surface area contributed by atoms with Gasteiger partial charge in [0.15, 0.2) is 0 Å². The first-order valence-corrected chi connectivity index (χ1v) is 5.76. The Labute approximate surface area is 91.2 Å². The number of likely N-dealkylation sites (tertiary alicyclic amines) is 1. The molecule has 1 atom stereocenters. The van der Waals surface area contributed by atoms with Gasteiger partial charge in [-0.05, 0) is 31.6 Å². The molecular formula is C11H21NO3. The lowest BCUT2D eigenvalue weighted by Crippen LogP contribution is -2.36. The van der Waals surface area contributed by atoms with Crippen LogP contribution in [-0.4, -0.2) is 42.4 Å². The van der Waals surface area contributed by atoms with E-state index in [0.29, 0.717) is 13.0 Å². The topological polar surface area (TPSA) is 49.8 Å². The second-order valence-electron chi connectivity index (χ2n) is 4.24. The van der Waals surface area contributed by atoms with Crippen LogP contribution in [0.5, 0.6) is 0 Å². The number of carbonyl (C=O) groups excluding carboxylic acids is 1. The van der Waals surface area contributed by atoms with Crippen molar-refractivity contribution in [1.82, 2.24) is 4.90 Å². The maximum absolute atomic E-state index is 11.5. The molecule has 1 N–H and O–H groups in total. The van der Waals surface area contributed by atoms with Gasteiger partial charge in [-0.3, -0.25) is 0 Å². The number of amides is 1. The van der Waals surface area contributed by atoms with Gasteiger partial charge in [0.05, 0.1) is 6.61 Å². The van der Waals surface area contributed by atoms with Crippen LogP contribution < -0.4 is 0 Å². The lowest BCUT2D eigenvalue weighted by molar-refractivity contribution is 0.0793. The number of ether oxygens (including phenoxy) is 1. The number of rotatable bonds is 4. The molecule has 1 heterocycles. The van der Waals surface area contributed by atoms with Gasteiger partial charge < -0.3 is 14.7 Å². The Morgan fingerprint density at radius 1 is 1.40 bits per heavy atom. The molecule has 1 aliphatic heterocycles. The summed E-state index contributed by atoms with van der Waals surface area (Å²) < 4.78 is 5.17. The molecule has 0 aromatic carbocycles. The molecule has 1 amide bonds. The molecule has 1 fully saturated rings. The quantitative estimate of drug-likeness (QED) is 0.775. The van der Waals surface area contributed by atoms with Crippen LogP contribution in [0.15, 0.2) is 0 Å². The standard InChI is InChI=1S/C11H21NO3/c1-10(5-8-13)9-15-11(14)12-6-3-2-4-7-12/h10,13H,2-9H2,1H3. The first-order valence-electron chi connectivity index (χ1n) is 5.76. The maximum atomic E-state index is 11.5. The van der Waals surface area contributed by atoms with Crippen molar-refractivity contribution in [2.75, 3.05) is 26.3 Å². The third-order valence-corrected chi connectivity index (χ3v) is 2.73. The molecule has 1 saturated heterocycles. The van der Waals surface area contributed by atoms with Gasteiger partial charge in [-0.1, -0.05) is 6.92 Å². The minimum atomic E-state index is -0.195. The van der Waals surface area contributed by atoms with Crippen LogP contribution in [0.25, 0.3) is 0 Å². The van der Waals surface area contributed by atoms with E-state index in [1.54, 1.807) is 4.90 Å². The van der Waals surface area contributed by atoms with Crippen LogP contribution in [0.4, 0.5) is 4.79 Å². The van der Waals surface area contributed by atoms with E-state index in [1.165, 1.54) is 6.42 Å². The maximum Gasteiger partial charge on any atom is 0.409 e. The van der Waals surface area contributed by atoms with Crippen molar-refractivity contribution in [3.63, 3.8) is 0 Å². The first-order chi connectivity index (χ1) is 7.24. The first kappa shape index (κ1) is 12.3. The molecule has 0 radical (unpaired) electrons. The third kappa shape index (κ3) is 4.51. The summed E-state index contributed by atoms with van der Waals surface area (Å²) in [5, 5.41) is 8.70. The highest BCUT2D eigenvalue weighted by Gasteiger charge is 2.18. The molecule has 0 aromatic heterocycles. The van der Waals surface area contributed by atoms with Gasteiger partial charge in [-0.25, -0.2) is 4.79 Å². The largest absolute Gasteiger partial charge is 0.449 e. The Morgan fingerprint density at radius 2 is 2.07 bits per heavy atom. The van der Waals surface area contributed by atoms with Crippen molar-refractivity contribution < 1.29 is 14.6 Å². The average molecular weight is 215 g/mol. The Hall–Kier alpha value is -0.770. The summed E-state index contributed by atoms with van der Waals surface area (Å²) in [5.74, 6) is 0.240. The summed E-state index contributed by atoms with van der Waals surface area (Å²) in [7, 11) is 0. The SMILES string of the molecule is CC(CCO)COC(=O)N1CCCCC1. The van der Waals surface area contributed by atoms with Crippen molar-refractivity contribution in [2.24, 2.45) is 5.92 Å². The second kappa shape index (κ2) is 6.67. The zero-order chi connectivity index (χ0) is 11.1. The highest BCUT2D eigenvalue weighted by Crippen LogP contribution is 2.10. The highest BCUT2D eigenvalue weighted by molar-refractivity contribution is 5.67. The predicted octanol–water partition coefficient (Wildman–Crippen LogP) is 1.63. The molecule has 0 aromatic rings. The zero-order valence-corrected chi connectivity index (χ0v) is 9.45. The number of carbonyl (C=O) groups is 1. The fourth-order valence-corrected chi connectivity index (χ4v) is 1.69. The normalized spacial score (nSPS) is 18.7. The molecule has 1 unspecified atom stereocenters. The molecule has 1 rings (SSSR count). The van der Waals surface area contributed by atoms with Gasteiger partial charge >= 0.3 is 6.09 Å². The minimum absolute atomic E-state index is 0.155. The monoisotopic (exact) mass is 215 g/mol. The Bertz CT molecular complexity index is 190. The van der Waals surface area contributed by atoms with E-state index in [4.69, 9.17) is 9.84 Å². The Kier molecular flexibility index (Phi) is 5.47. The Balaban J connectivity index is 2.16. The molecular weight excluding hydrogens is 194 g/mol. The molecule has 0 bridgehead atoms. The van der Waals surface area contributed by atoms with Crippen molar-refractivity contribution in [3.8, 4) is 0 Å². The van der Waals surface area contributed by atoms with E-state index in [0.717, 1.165) is 25.9 Å². The lowest BCUT2D eigenvalue weighted by Gasteiger charge is -2.26. The summed E-state index contributed by atoms with van der Waals surface area (Å²) in [6.45, 7) is 4.19. The van der Waals surface area contributed by atoms with Gasteiger partial charge in [-0.15, -0.1) is 0 Å². The van der Waals surface area contributed by atoms with Crippen molar-refractivity contribution >= 4 is 6.09 Å². The molecule has 0 spiro atoms. The fourth-order valence-electron chi connectivity index (χ4n) is 1.69. The van der Waals surface area contributed by atoms with E-state index in [-0.39, 0.29) is 18.6 Å². The zero-order valence-electron chi connectivity index (χ0n) is 9.45. The van der Waals surface area contributed by atoms with E-state index < -0.39 is 0 Å². The van der Waals surface area contributed by atoms with Gasteiger partial charge in [0.2, 0.25) is 0 Å². The number of hydrogen-bond donors (Lipinski definition) is 1. The van der Waals surface area contributed by atoms with Crippen LogP contribution in [0.2, 0.25) is 0 Å². The number of nitrogens with zero attached hydrogens (tertiary/aromatic N) is 1. The van der Waals surface area contributed by atoms with Crippen molar-refractivity contribution in [3.05, 3.63) is 0 Å². The van der Waals surface area contributed by atoms with Gasteiger partial charge in [0, 0.05) is 19.7 Å². The van der Waals surface area contributed by atoms with Crippen molar-refractivity contribution in [2.45, 2.75) is 32.6 Å². The molecule has 88 valence electrons. The smallest absolute Gasteiger partial charge is 0.409 e. The van der Waals surface area contributed by atoms with Crippen molar-refractivity contribution in [1.29, 1.82) is 0 Å². The lowest BCUT2D eigenvalue weighted by atomic mass is 10.1. The summed E-state index contributed by atoms with van der Waals surface area (Å²) in [4.78, 5) is 13.3. The number of aliphatic hydroxyl groups is 1. The fraction of sp³-hybridized carbons (Fsp3) is 0.909. The number of piperidine rings is 1. The van der Waals surface area contributed by atoms with E-state index in [2.05, 4.69) is 0 Å². The predicted molar refractivity (Wildman–Crippen MR) is 57.6 cm³/mol. The summed E-state index contributed by atoms with van der Waals surface area (Å²) in [6.07, 6.45) is 3.88. The highest BCUT2D eigenvalue weighted by atomic mass is 16.6. The summed E-state index contributed by atoms with van der Waals surface area (Å²) in [5.41, 5.74) is 0. The minimum Gasteiger partial charge on any atom is -0.449 e. The number of aliphatic hydroxyl groups excluding tert-OH is 1. The summed E-state index contributed by atoms with van der Waals surface area (Å²) in [6, 6.07) is 0. The molecule has 4 nitrogen and oxygen atoms in total. The van der Waals surface area contributed by atoms with Crippen LogP contribution in [-0.2, 0) is 4.74 Å². The second-order valence-corrected chi connectivity index (χ2v) is 4.24. The molecule has 4 heteroatoms. The van der Waals surface area contributed by atoms with Gasteiger partial charge in [0.25, 0.3) is 0 Å². The van der Waals surface area contributed by atoms with Gasteiger partial charge in [0.1, 0.15) is 0 Å². The van der Waals surface area contributed by atoms with Crippen LogP contribution in [0, 0.1) is 5.92 Å². The van der Waals surface area contributed by atoms with Crippen LogP contribution in [0.3, 0.4) is 0 Å². The molecule has 0 aliphatic carbocycles. The van der Waals surface area contributed by atoms with E-state index in [1.807, 2.05) is 6.92 Å². The summed E-state index contributed by atoms with van der Waals surface area (Å²) >= 11 is 0. The molecule has 1 aliphatic rings. The molecule has 15 heavy (non-hydrogen) atoms. The number of hydrogen-bond acceptors (Lipinski definition) is 3. The van der Waals surface area contributed by atoms with E-state index >= 15 is 0 Å². The van der Waals surface area contributed by atoms with Crippen LogP contribution >= 0.6 is 0 Å². The Morgan fingerprint density at radius 3 is 2.67 bits per heavy atom. The third-order valence-electron chi connectivity index (χ3n) is 2.73. The van der Waals surface area contributed by atoms with E-state index in [9.17, 15) is 4.79 Å². The molecule has 0 saturated carbocycles. The van der Waals surface area contributed by atoms with Gasteiger partial charge in [-0.2, -0.15) is 0 Å².